The Kier molecular flexibility index (Phi) is 6.53. The number of rotatable bonds is 8. The average molecular weight is 382 g/mol. The van der Waals surface area contributed by atoms with Crippen molar-refractivity contribution in [3.63, 3.8) is 0 Å². The summed E-state index contributed by atoms with van der Waals surface area (Å²) in [5.74, 6) is 1.42. The highest BCUT2D eigenvalue weighted by atomic mass is 16.5. The second-order valence-corrected chi connectivity index (χ2v) is 6.91. The quantitative estimate of drug-likeness (QED) is 0.762. The molecule has 1 unspecified atom stereocenters. The van der Waals surface area contributed by atoms with Crippen LogP contribution in [-0.4, -0.2) is 38.1 Å². The van der Waals surface area contributed by atoms with E-state index in [-0.39, 0.29) is 24.3 Å². The van der Waals surface area contributed by atoms with Gasteiger partial charge in [-0.2, -0.15) is 0 Å². The molecule has 28 heavy (non-hydrogen) atoms. The SMILES string of the molecule is CCOc1ccc(N2CC(CNC(=O)COc3ccc(C)cc3)CC2=O)cc1. The predicted molar refractivity (Wildman–Crippen MR) is 108 cm³/mol. The number of nitrogens with one attached hydrogen (secondary N) is 1. The summed E-state index contributed by atoms with van der Waals surface area (Å²) in [5.41, 5.74) is 1.99. The Balaban J connectivity index is 1.44. The fraction of sp³-hybridized carbons (Fsp3) is 0.364. The average Bonchev–Trinajstić information content (AvgIpc) is 3.07. The van der Waals surface area contributed by atoms with Gasteiger partial charge in [0, 0.05) is 31.1 Å². The molecule has 1 heterocycles. The molecule has 1 saturated heterocycles. The van der Waals surface area contributed by atoms with Crippen LogP contribution in [0.2, 0.25) is 0 Å². The zero-order valence-corrected chi connectivity index (χ0v) is 16.3. The van der Waals surface area contributed by atoms with Crippen LogP contribution in [0.1, 0.15) is 18.9 Å². The van der Waals surface area contributed by atoms with E-state index < -0.39 is 0 Å². The van der Waals surface area contributed by atoms with Crippen LogP contribution in [0.5, 0.6) is 11.5 Å². The summed E-state index contributed by atoms with van der Waals surface area (Å²) in [6.07, 6.45) is 0.423. The zero-order valence-electron chi connectivity index (χ0n) is 16.3. The summed E-state index contributed by atoms with van der Waals surface area (Å²) in [6, 6.07) is 15.1. The second-order valence-electron chi connectivity index (χ2n) is 6.91. The van der Waals surface area contributed by atoms with Crippen LogP contribution in [0.15, 0.2) is 48.5 Å². The number of hydrogen-bond donors (Lipinski definition) is 1. The van der Waals surface area contributed by atoms with Crippen molar-refractivity contribution in [1.82, 2.24) is 5.32 Å². The minimum Gasteiger partial charge on any atom is -0.494 e. The van der Waals surface area contributed by atoms with E-state index in [9.17, 15) is 9.59 Å². The van der Waals surface area contributed by atoms with Crippen LogP contribution in [0.4, 0.5) is 5.69 Å². The maximum Gasteiger partial charge on any atom is 0.257 e. The van der Waals surface area contributed by atoms with E-state index in [1.54, 1.807) is 4.90 Å². The van der Waals surface area contributed by atoms with Gasteiger partial charge >= 0.3 is 0 Å². The van der Waals surface area contributed by atoms with Gasteiger partial charge < -0.3 is 19.7 Å². The third kappa shape index (κ3) is 5.25. The normalized spacial score (nSPS) is 16.1. The third-order valence-electron chi connectivity index (χ3n) is 4.64. The smallest absolute Gasteiger partial charge is 0.257 e. The zero-order chi connectivity index (χ0) is 19.9. The number of carbonyl (C=O) groups excluding carboxylic acids is 2. The third-order valence-corrected chi connectivity index (χ3v) is 4.64. The fourth-order valence-corrected chi connectivity index (χ4v) is 3.15. The largest absolute Gasteiger partial charge is 0.494 e. The molecule has 2 amide bonds. The van der Waals surface area contributed by atoms with Crippen LogP contribution < -0.4 is 19.7 Å². The highest BCUT2D eigenvalue weighted by Crippen LogP contribution is 2.26. The summed E-state index contributed by atoms with van der Waals surface area (Å²) in [6.45, 7) is 5.55. The van der Waals surface area contributed by atoms with Gasteiger partial charge in [-0.3, -0.25) is 9.59 Å². The fourth-order valence-electron chi connectivity index (χ4n) is 3.15. The molecule has 2 aromatic carbocycles. The van der Waals surface area contributed by atoms with Gasteiger partial charge in [-0.1, -0.05) is 17.7 Å². The van der Waals surface area contributed by atoms with Gasteiger partial charge in [-0.05, 0) is 50.2 Å². The van der Waals surface area contributed by atoms with Crippen LogP contribution >= 0.6 is 0 Å². The molecule has 0 aliphatic carbocycles. The van der Waals surface area contributed by atoms with Gasteiger partial charge in [0.05, 0.1) is 6.61 Å². The van der Waals surface area contributed by atoms with E-state index in [1.165, 1.54) is 0 Å². The predicted octanol–water partition coefficient (Wildman–Crippen LogP) is 2.94. The van der Waals surface area contributed by atoms with E-state index in [2.05, 4.69) is 5.32 Å². The molecule has 1 fully saturated rings. The molecule has 0 aromatic heterocycles. The van der Waals surface area contributed by atoms with E-state index in [4.69, 9.17) is 9.47 Å². The van der Waals surface area contributed by atoms with Crippen LogP contribution in [0.25, 0.3) is 0 Å². The Labute approximate surface area is 165 Å². The molecule has 0 spiro atoms. The summed E-state index contributed by atoms with van der Waals surface area (Å²) >= 11 is 0. The molecule has 6 nitrogen and oxygen atoms in total. The van der Waals surface area contributed by atoms with Crippen molar-refractivity contribution in [2.24, 2.45) is 5.92 Å². The summed E-state index contributed by atoms with van der Waals surface area (Å²) in [7, 11) is 0. The Morgan fingerprint density at radius 1 is 1.07 bits per heavy atom. The lowest BCUT2D eigenvalue weighted by atomic mass is 10.1. The van der Waals surface area contributed by atoms with Gasteiger partial charge in [0.2, 0.25) is 5.91 Å². The van der Waals surface area contributed by atoms with Crippen molar-refractivity contribution in [2.45, 2.75) is 20.3 Å². The number of anilines is 1. The Bertz CT molecular complexity index is 802. The first-order valence-electron chi connectivity index (χ1n) is 9.54. The highest BCUT2D eigenvalue weighted by Gasteiger charge is 2.30. The number of nitrogens with zero attached hydrogens (tertiary/aromatic N) is 1. The number of aryl methyl sites for hydroxylation is 1. The molecular weight excluding hydrogens is 356 g/mol. The Hall–Kier alpha value is -3.02. The van der Waals surface area contributed by atoms with Crippen molar-refractivity contribution < 1.29 is 19.1 Å². The molecule has 1 aliphatic rings. The summed E-state index contributed by atoms with van der Waals surface area (Å²) < 4.78 is 10.9. The molecule has 0 bridgehead atoms. The molecular formula is C22H26N2O4. The standard InChI is InChI=1S/C22H26N2O4/c1-3-27-19-10-6-18(7-11-19)24-14-17(12-22(24)26)13-23-21(25)15-28-20-8-4-16(2)5-9-20/h4-11,17H,3,12-15H2,1-2H3,(H,23,25). The van der Waals surface area contributed by atoms with Crippen molar-refractivity contribution in [1.29, 1.82) is 0 Å². The van der Waals surface area contributed by atoms with E-state index in [0.717, 1.165) is 17.0 Å². The minimum absolute atomic E-state index is 0.0354. The molecule has 3 rings (SSSR count). The van der Waals surface area contributed by atoms with Crippen LogP contribution in [0, 0.1) is 12.8 Å². The number of amides is 2. The van der Waals surface area contributed by atoms with Crippen molar-refractivity contribution in [3.8, 4) is 11.5 Å². The second kappa shape index (κ2) is 9.26. The summed E-state index contributed by atoms with van der Waals surface area (Å²) in [5, 5.41) is 2.86. The van der Waals surface area contributed by atoms with Gasteiger partial charge in [-0.15, -0.1) is 0 Å². The van der Waals surface area contributed by atoms with Gasteiger partial charge in [0.25, 0.3) is 5.91 Å². The molecule has 148 valence electrons. The molecule has 0 radical (unpaired) electrons. The first-order valence-corrected chi connectivity index (χ1v) is 9.54. The van der Waals surface area contributed by atoms with Gasteiger partial charge in [0.1, 0.15) is 11.5 Å². The highest BCUT2D eigenvalue weighted by molar-refractivity contribution is 5.95. The molecule has 1 N–H and O–H groups in total. The molecule has 6 heteroatoms. The first kappa shape index (κ1) is 19.7. The monoisotopic (exact) mass is 382 g/mol. The van der Waals surface area contributed by atoms with Crippen molar-refractivity contribution in [2.75, 3.05) is 31.2 Å². The molecule has 1 aliphatic heterocycles. The van der Waals surface area contributed by atoms with Crippen LogP contribution in [-0.2, 0) is 9.59 Å². The maximum absolute atomic E-state index is 12.3. The van der Waals surface area contributed by atoms with E-state index >= 15 is 0 Å². The van der Waals surface area contributed by atoms with Gasteiger partial charge in [0.15, 0.2) is 6.61 Å². The Morgan fingerprint density at radius 3 is 2.39 bits per heavy atom. The van der Waals surface area contributed by atoms with Crippen molar-refractivity contribution in [3.05, 3.63) is 54.1 Å². The number of ether oxygens (including phenoxy) is 2. The van der Waals surface area contributed by atoms with Gasteiger partial charge in [-0.25, -0.2) is 0 Å². The topological polar surface area (TPSA) is 67.9 Å². The molecule has 1 atom stereocenters. The van der Waals surface area contributed by atoms with E-state index in [0.29, 0.717) is 31.9 Å². The Morgan fingerprint density at radius 2 is 1.71 bits per heavy atom. The lowest BCUT2D eigenvalue weighted by Gasteiger charge is -2.17. The molecule has 0 saturated carbocycles. The number of carbonyl (C=O) groups is 2. The number of hydrogen-bond acceptors (Lipinski definition) is 4. The van der Waals surface area contributed by atoms with Crippen molar-refractivity contribution >= 4 is 17.5 Å². The lowest BCUT2D eigenvalue weighted by Crippen LogP contribution is -2.34. The molecule has 2 aromatic rings. The van der Waals surface area contributed by atoms with Crippen LogP contribution in [0.3, 0.4) is 0 Å². The maximum atomic E-state index is 12.3. The first-order chi connectivity index (χ1) is 13.5. The summed E-state index contributed by atoms with van der Waals surface area (Å²) in [4.78, 5) is 26.1. The lowest BCUT2D eigenvalue weighted by molar-refractivity contribution is -0.123. The number of benzene rings is 2. The van der Waals surface area contributed by atoms with E-state index in [1.807, 2.05) is 62.4 Å². The minimum atomic E-state index is -0.187.